The Bertz CT molecular complexity index is 258. The molecular weight excluding hydrogens is 178 g/mol. The van der Waals surface area contributed by atoms with Crippen molar-refractivity contribution in [1.29, 1.82) is 0 Å². The second kappa shape index (κ2) is 5.62. The SMILES string of the molecule is CNC(C)c1ccc(OCCO)cc1. The van der Waals surface area contributed by atoms with Crippen molar-refractivity contribution in [2.45, 2.75) is 13.0 Å². The molecule has 3 heteroatoms. The van der Waals surface area contributed by atoms with Crippen LogP contribution in [0.25, 0.3) is 0 Å². The monoisotopic (exact) mass is 195 g/mol. The largest absolute Gasteiger partial charge is 0.491 e. The Morgan fingerprint density at radius 3 is 2.50 bits per heavy atom. The van der Waals surface area contributed by atoms with E-state index in [1.807, 2.05) is 31.3 Å². The molecule has 0 fully saturated rings. The van der Waals surface area contributed by atoms with Crippen molar-refractivity contribution in [2.75, 3.05) is 20.3 Å². The van der Waals surface area contributed by atoms with Crippen LogP contribution in [0.4, 0.5) is 0 Å². The molecule has 0 aliphatic rings. The van der Waals surface area contributed by atoms with Gasteiger partial charge in [-0.3, -0.25) is 0 Å². The van der Waals surface area contributed by atoms with Gasteiger partial charge in [0.25, 0.3) is 0 Å². The van der Waals surface area contributed by atoms with Crippen molar-refractivity contribution in [1.82, 2.24) is 5.32 Å². The Morgan fingerprint density at radius 1 is 1.36 bits per heavy atom. The summed E-state index contributed by atoms with van der Waals surface area (Å²) in [5.74, 6) is 0.797. The second-order valence-electron chi connectivity index (χ2n) is 3.15. The number of ether oxygens (including phenoxy) is 1. The van der Waals surface area contributed by atoms with Crippen LogP contribution in [0.5, 0.6) is 5.75 Å². The third-order valence-corrected chi connectivity index (χ3v) is 2.17. The fraction of sp³-hybridized carbons (Fsp3) is 0.455. The van der Waals surface area contributed by atoms with Crippen LogP contribution in [-0.4, -0.2) is 25.4 Å². The summed E-state index contributed by atoms with van der Waals surface area (Å²) in [5.41, 5.74) is 1.23. The number of rotatable bonds is 5. The molecule has 0 heterocycles. The zero-order chi connectivity index (χ0) is 10.4. The first-order chi connectivity index (χ1) is 6.77. The molecule has 0 aliphatic carbocycles. The highest BCUT2D eigenvalue weighted by molar-refractivity contribution is 5.28. The van der Waals surface area contributed by atoms with Crippen molar-refractivity contribution < 1.29 is 9.84 Å². The third kappa shape index (κ3) is 3.01. The van der Waals surface area contributed by atoms with Gasteiger partial charge in [0.2, 0.25) is 0 Å². The molecule has 0 aliphatic heterocycles. The molecule has 1 rings (SSSR count). The molecule has 0 saturated heterocycles. The molecule has 0 amide bonds. The van der Waals surface area contributed by atoms with E-state index in [4.69, 9.17) is 9.84 Å². The summed E-state index contributed by atoms with van der Waals surface area (Å²) in [6.07, 6.45) is 0. The van der Waals surface area contributed by atoms with Crippen LogP contribution in [0.15, 0.2) is 24.3 Å². The Hall–Kier alpha value is -1.06. The molecule has 1 atom stereocenters. The minimum atomic E-state index is 0.0503. The summed E-state index contributed by atoms with van der Waals surface area (Å²) in [4.78, 5) is 0. The Kier molecular flexibility index (Phi) is 4.43. The van der Waals surface area contributed by atoms with E-state index in [1.54, 1.807) is 0 Å². The maximum Gasteiger partial charge on any atom is 0.119 e. The molecule has 0 bridgehead atoms. The average molecular weight is 195 g/mol. The van der Waals surface area contributed by atoms with Gasteiger partial charge in [-0.2, -0.15) is 0 Å². The van der Waals surface area contributed by atoms with Gasteiger partial charge in [0, 0.05) is 6.04 Å². The van der Waals surface area contributed by atoms with Crippen LogP contribution in [0, 0.1) is 0 Å². The quantitative estimate of drug-likeness (QED) is 0.745. The summed E-state index contributed by atoms with van der Waals surface area (Å²) in [6, 6.07) is 8.22. The minimum Gasteiger partial charge on any atom is -0.491 e. The number of aliphatic hydroxyl groups excluding tert-OH is 1. The lowest BCUT2D eigenvalue weighted by Gasteiger charge is -2.11. The molecule has 2 N–H and O–H groups in total. The fourth-order valence-electron chi connectivity index (χ4n) is 1.18. The zero-order valence-corrected chi connectivity index (χ0v) is 8.66. The van der Waals surface area contributed by atoms with Crippen molar-refractivity contribution in [3.05, 3.63) is 29.8 Å². The normalized spacial score (nSPS) is 12.5. The molecule has 0 saturated carbocycles. The fourth-order valence-corrected chi connectivity index (χ4v) is 1.18. The molecule has 14 heavy (non-hydrogen) atoms. The highest BCUT2D eigenvalue weighted by atomic mass is 16.5. The van der Waals surface area contributed by atoms with Gasteiger partial charge < -0.3 is 15.2 Å². The predicted octanol–water partition coefficient (Wildman–Crippen LogP) is 1.34. The van der Waals surface area contributed by atoms with Crippen LogP contribution >= 0.6 is 0 Å². The van der Waals surface area contributed by atoms with E-state index in [0.29, 0.717) is 12.6 Å². The Labute approximate surface area is 84.7 Å². The third-order valence-electron chi connectivity index (χ3n) is 2.17. The highest BCUT2D eigenvalue weighted by Crippen LogP contribution is 2.16. The molecule has 78 valence electrons. The average Bonchev–Trinajstić information content (AvgIpc) is 2.26. The number of nitrogens with one attached hydrogen (secondary N) is 1. The number of hydrogen-bond donors (Lipinski definition) is 2. The molecule has 0 spiro atoms. The predicted molar refractivity (Wildman–Crippen MR) is 56.5 cm³/mol. The zero-order valence-electron chi connectivity index (χ0n) is 8.66. The van der Waals surface area contributed by atoms with Crippen molar-refractivity contribution in [2.24, 2.45) is 0 Å². The van der Waals surface area contributed by atoms with Gasteiger partial charge in [-0.25, -0.2) is 0 Å². The van der Waals surface area contributed by atoms with E-state index in [1.165, 1.54) is 5.56 Å². The summed E-state index contributed by atoms with van der Waals surface area (Å²) in [5, 5.41) is 11.7. The maximum absolute atomic E-state index is 8.57. The molecule has 0 aromatic heterocycles. The van der Waals surface area contributed by atoms with Gasteiger partial charge in [-0.1, -0.05) is 12.1 Å². The molecule has 3 nitrogen and oxygen atoms in total. The Morgan fingerprint density at radius 2 is 2.00 bits per heavy atom. The minimum absolute atomic E-state index is 0.0503. The topological polar surface area (TPSA) is 41.5 Å². The lowest BCUT2D eigenvalue weighted by molar-refractivity contribution is 0.201. The van der Waals surface area contributed by atoms with Gasteiger partial charge in [0.05, 0.1) is 6.61 Å². The summed E-state index contributed by atoms with van der Waals surface area (Å²) in [6.45, 7) is 2.50. The molecule has 1 unspecified atom stereocenters. The van der Waals surface area contributed by atoms with Gasteiger partial charge in [0.1, 0.15) is 12.4 Å². The summed E-state index contributed by atoms with van der Waals surface area (Å²) >= 11 is 0. The van der Waals surface area contributed by atoms with Crippen molar-refractivity contribution in [3.63, 3.8) is 0 Å². The summed E-state index contributed by atoms with van der Waals surface area (Å²) in [7, 11) is 1.93. The molecule has 1 aromatic rings. The van der Waals surface area contributed by atoms with Gasteiger partial charge in [-0.15, -0.1) is 0 Å². The lowest BCUT2D eigenvalue weighted by Crippen LogP contribution is -2.12. The maximum atomic E-state index is 8.57. The van der Waals surface area contributed by atoms with Crippen molar-refractivity contribution in [3.8, 4) is 5.75 Å². The molecular formula is C11H17NO2. The van der Waals surface area contributed by atoms with Crippen LogP contribution in [0.1, 0.15) is 18.5 Å². The molecule has 0 radical (unpaired) electrons. The van der Waals surface area contributed by atoms with E-state index in [0.717, 1.165) is 5.75 Å². The van der Waals surface area contributed by atoms with Crippen LogP contribution in [0.3, 0.4) is 0 Å². The van der Waals surface area contributed by atoms with Gasteiger partial charge in [-0.05, 0) is 31.7 Å². The van der Waals surface area contributed by atoms with Gasteiger partial charge in [0.15, 0.2) is 0 Å². The smallest absolute Gasteiger partial charge is 0.119 e. The van der Waals surface area contributed by atoms with Crippen LogP contribution in [0.2, 0.25) is 0 Å². The van der Waals surface area contributed by atoms with Crippen molar-refractivity contribution >= 4 is 0 Å². The van der Waals surface area contributed by atoms with E-state index >= 15 is 0 Å². The summed E-state index contributed by atoms with van der Waals surface area (Å²) < 4.78 is 5.25. The second-order valence-corrected chi connectivity index (χ2v) is 3.15. The van der Waals surface area contributed by atoms with E-state index in [2.05, 4.69) is 12.2 Å². The number of hydrogen-bond acceptors (Lipinski definition) is 3. The molecule has 1 aromatic carbocycles. The van der Waals surface area contributed by atoms with Crippen LogP contribution in [-0.2, 0) is 0 Å². The van der Waals surface area contributed by atoms with E-state index < -0.39 is 0 Å². The first-order valence-electron chi connectivity index (χ1n) is 4.79. The first-order valence-corrected chi connectivity index (χ1v) is 4.79. The first kappa shape index (κ1) is 11.0. The number of benzene rings is 1. The number of aliphatic hydroxyl groups is 1. The van der Waals surface area contributed by atoms with Crippen LogP contribution < -0.4 is 10.1 Å². The highest BCUT2D eigenvalue weighted by Gasteiger charge is 2.01. The van der Waals surface area contributed by atoms with Gasteiger partial charge >= 0.3 is 0 Å². The Balaban J connectivity index is 2.59. The lowest BCUT2D eigenvalue weighted by atomic mass is 10.1. The van der Waals surface area contributed by atoms with E-state index in [-0.39, 0.29) is 6.61 Å². The standard InChI is InChI=1S/C11H17NO2/c1-9(12-2)10-3-5-11(6-4-10)14-8-7-13/h3-6,9,12-13H,7-8H2,1-2H3. The van der Waals surface area contributed by atoms with E-state index in [9.17, 15) is 0 Å².